The van der Waals surface area contributed by atoms with Crippen molar-refractivity contribution in [2.45, 2.75) is 19.3 Å². The molecule has 1 aromatic rings. The molecule has 12 heavy (non-hydrogen) atoms. The van der Waals surface area contributed by atoms with Gasteiger partial charge in [-0.05, 0) is 42.9 Å². The Bertz CT molecular complexity index is 263. The van der Waals surface area contributed by atoms with Crippen LogP contribution in [0.25, 0.3) is 0 Å². The maximum atomic E-state index is 5.15. The third kappa shape index (κ3) is 1.79. The molecule has 1 aromatic carbocycles. The Balaban J connectivity index is 2.08. The van der Waals surface area contributed by atoms with Crippen LogP contribution in [-0.4, -0.2) is 7.11 Å². The molecule has 0 heterocycles. The summed E-state index contributed by atoms with van der Waals surface area (Å²) in [6.45, 7) is 0. The molecular formula is C11H13O. The summed E-state index contributed by atoms with van der Waals surface area (Å²) in [5, 5.41) is 0. The minimum atomic E-state index is 0.966. The molecule has 1 nitrogen and oxygen atoms in total. The molecule has 2 rings (SSSR count). The van der Waals surface area contributed by atoms with Gasteiger partial charge < -0.3 is 4.74 Å². The average molecular weight is 161 g/mol. The van der Waals surface area contributed by atoms with Crippen LogP contribution in [0.1, 0.15) is 18.4 Å². The van der Waals surface area contributed by atoms with E-state index in [2.05, 4.69) is 18.2 Å². The Hall–Kier alpha value is -0.980. The third-order valence-corrected chi connectivity index (χ3v) is 2.19. The van der Waals surface area contributed by atoms with E-state index in [4.69, 9.17) is 4.74 Å². The molecule has 1 heteroatoms. The van der Waals surface area contributed by atoms with Crippen LogP contribution in [0.2, 0.25) is 0 Å². The van der Waals surface area contributed by atoms with E-state index in [1.54, 1.807) is 13.0 Å². The predicted octanol–water partition coefficient (Wildman–Crippen LogP) is 2.61. The standard InChI is InChI=1S/C11H13O/c1-12-11-4-2-3-10(8-11)7-9-5-6-9/h2-4,8H,5-7H2,1H3. The summed E-state index contributed by atoms with van der Waals surface area (Å²) in [6, 6.07) is 8.32. The SMILES string of the molecule is COc1cccc(C[C]2CC2)c1. The molecule has 0 bridgehead atoms. The van der Waals surface area contributed by atoms with Crippen LogP contribution in [0.3, 0.4) is 0 Å². The topological polar surface area (TPSA) is 9.23 Å². The second-order valence-electron chi connectivity index (χ2n) is 3.28. The number of hydrogen-bond acceptors (Lipinski definition) is 1. The lowest BCUT2D eigenvalue weighted by molar-refractivity contribution is 0.414. The lowest BCUT2D eigenvalue weighted by atomic mass is 10.1. The van der Waals surface area contributed by atoms with Crippen LogP contribution >= 0.6 is 0 Å². The molecule has 63 valence electrons. The van der Waals surface area contributed by atoms with Crippen molar-refractivity contribution in [3.63, 3.8) is 0 Å². The van der Waals surface area contributed by atoms with Crippen LogP contribution in [0, 0.1) is 5.92 Å². The van der Waals surface area contributed by atoms with Crippen LogP contribution in [0.15, 0.2) is 24.3 Å². The number of methoxy groups -OCH3 is 1. The molecule has 0 N–H and O–H groups in total. The molecule has 1 aliphatic carbocycles. The van der Waals surface area contributed by atoms with Gasteiger partial charge in [-0.3, -0.25) is 0 Å². The van der Waals surface area contributed by atoms with Gasteiger partial charge in [0.25, 0.3) is 0 Å². The van der Waals surface area contributed by atoms with E-state index in [0.29, 0.717) is 0 Å². The van der Waals surface area contributed by atoms with Crippen molar-refractivity contribution in [1.29, 1.82) is 0 Å². The van der Waals surface area contributed by atoms with E-state index in [1.165, 1.54) is 18.4 Å². The molecule has 0 atom stereocenters. The Morgan fingerprint density at radius 1 is 1.33 bits per heavy atom. The maximum Gasteiger partial charge on any atom is 0.119 e. The molecule has 1 fully saturated rings. The van der Waals surface area contributed by atoms with E-state index in [0.717, 1.165) is 12.2 Å². The lowest BCUT2D eigenvalue weighted by Crippen LogP contribution is -1.87. The Labute approximate surface area is 73.4 Å². The smallest absolute Gasteiger partial charge is 0.119 e. The zero-order valence-electron chi connectivity index (χ0n) is 7.34. The quantitative estimate of drug-likeness (QED) is 0.662. The van der Waals surface area contributed by atoms with E-state index >= 15 is 0 Å². The summed E-state index contributed by atoms with van der Waals surface area (Å²) in [5.74, 6) is 2.64. The molecule has 0 spiro atoms. The second kappa shape index (κ2) is 3.18. The van der Waals surface area contributed by atoms with Gasteiger partial charge in [0.05, 0.1) is 7.11 Å². The van der Waals surface area contributed by atoms with Crippen molar-refractivity contribution in [2.24, 2.45) is 0 Å². The molecule has 0 unspecified atom stereocenters. The molecule has 1 saturated carbocycles. The summed E-state index contributed by atoms with van der Waals surface area (Å²) < 4.78 is 5.15. The molecule has 0 amide bonds. The van der Waals surface area contributed by atoms with Gasteiger partial charge in [-0.15, -0.1) is 0 Å². The summed E-state index contributed by atoms with van der Waals surface area (Å²) >= 11 is 0. The highest BCUT2D eigenvalue weighted by atomic mass is 16.5. The number of benzene rings is 1. The Morgan fingerprint density at radius 2 is 2.17 bits per heavy atom. The fraction of sp³-hybridized carbons (Fsp3) is 0.364. The third-order valence-electron chi connectivity index (χ3n) is 2.19. The van der Waals surface area contributed by atoms with Crippen molar-refractivity contribution >= 4 is 0 Å². The highest BCUT2D eigenvalue weighted by Crippen LogP contribution is 2.35. The molecule has 1 radical (unpaired) electrons. The first-order valence-corrected chi connectivity index (χ1v) is 4.35. The molecule has 0 aliphatic heterocycles. The van der Waals surface area contributed by atoms with Gasteiger partial charge in [0.2, 0.25) is 0 Å². The Morgan fingerprint density at radius 3 is 2.83 bits per heavy atom. The van der Waals surface area contributed by atoms with E-state index in [9.17, 15) is 0 Å². The summed E-state index contributed by atoms with van der Waals surface area (Å²) in [7, 11) is 1.71. The van der Waals surface area contributed by atoms with Crippen molar-refractivity contribution < 1.29 is 4.74 Å². The summed E-state index contributed by atoms with van der Waals surface area (Å²) in [4.78, 5) is 0. The normalized spacial score (nSPS) is 16.1. The first-order valence-electron chi connectivity index (χ1n) is 4.35. The minimum absolute atomic E-state index is 0.966. The van der Waals surface area contributed by atoms with Crippen LogP contribution < -0.4 is 4.74 Å². The van der Waals surface area contributed by atoms with Crippen LogP contribution in [0.5, 0.6) is 5.75 Å². The number of rotatable bonds is 3. The summed E-state index contributed by atoms with van der Waals surface area (Å²) in [5.41, 5.74) is 1.38. The fourth-order valence-corrected chi connectivity index (χ4v) is 1.34. The van der Waals surface area contributed by atoms with Gasteiger partial charge in [0, 0.05) is 0 Å². The van der Waals surface area contributed by atoms with Crippen molar-refractivity contribution in [2.75, 3.05) is 7.11 Å². The average Bonchev–Trinajstić information content (AvgIpc) is 2.89. The first-order chi connectivity index (χ1) is 5.88. The van der Waals surface area contributed by atoms with E-state index in [1.807, 2.05) is 6.07 Å². The van der Waals surface area contributed by atoms with Gasteiger partial charge in [0.1, 0.15) is 5.75 Å². The largest absolute Gasteiger partial charge is 0.497 e. The van der Waals surface area contributed by atoms with Crippen molar-refractivity contribution in [1.82, 2.24) is 0 Å². The predicted molar refractivity (Wildman–Crippen MR) is 49.2 cm³/mol. The molecule has 0 saturated heterocycles. The van der Waals surface area contributed by atoms with Crippen molar-refractivity contribution in [3.05, 3.63) is 35.7 Å². The monoisotopic (exact) mass is 161 g/mol. The molecular weight excluding hydrogens is 148 g/mol. The minimum Gasteiger partial charge on any atom is -0.497 e. The van der Waals surface area contributed by atoms with Crippen LogP contribution in [-0.2, 0) is 6.42 Å². The van der Waals surface area contributed by atoms with Crippen LogP contribution in [0.4, 0.5) is 0 Å². The lowest BCUT2D eigenvalue weighted by Gasteiger charge is -2.02. The number of ether oxygens (including phenoxy) is 1. The maximum absolute atomic E-state index is 5.15. The van der Waals surface area contributed by atoms with E-state index < -0.39 is 0 Å². The summed E-state index contributed by atoms with van der Waals surface area (Å²) in [6.07, 6.45) is 3.81. The van der Waals surface area contributed by atoms with Gasteiger partial charge in [-0.25, -0.2) is 0 Å². The Kier molecular flexibility index (Phi) is 2.03. The van der Waals surface area contributed by atoms with Gasteiger partial charge >= 0.3 is 0 Å². The number of hydrogen-bond donors (Lipinski definition) is 0. The highest BCUT2D eigenvalue weighted by molar-refractivity contribution is 5.31. The van der Waals surface area contributed by atoms with Crippen molar-refractivity contribution in [3.8, 4) is 5.75 Å². The fourth-order valence-electron chi connectivity index (χ4n) is 1.34. The van der Waals surface area contributed by atoms with E-state index in [-0.39, 0.29) is 0 Å². The van der Waals surface area contributed by atoms with Gasteiger partial charge in [-0.2, -0.15) is 0 Å². The molecule has 1 aliphatic rings. The van der Waals surface area contributed by atoms with Gasteiger partial charge in [-0.1, -0.05) is 12.1 Å². The van der Waals surface area contributed by atoms with Gasteiger partial charge in [0.15, 0.2) is 0 Å². The zero-order valence-corrected chi connectivity index (χ0v) is 7.34. The highest BCUT2D eigenvalue weighted by Gasteiger charge is 2.22. The first kappa shape index (κ1) is 7.66. The second-order valence-corrected chi connectivity index (χ2v) is 3.28. The molecule has 0 aromatic heterocycles. The zero-order chi connectivity index (χ0) is 8.39.